The summed E-state index contributed by atoms with van der Waals surface area (Å²) in [5, 5.41) is 10.5. The summed E-state index contributed by atoms with van der Waals surface area (Å²) in [4.78, 5) is 11.6. The summed E-state index contributed by atoms with van der Waals surface area (Å²) in [6.45, 7) is 9.17. The van der Waals surface area contributed by atoms with Crippen LogP contribution >= 0.6 is 11.3 Å². The largest absolute Gasteiger partial charge is 0.444 e. The van der Waals surface area contributed by atoms with E-state index in [0.29, 0.717) is 6.54 Å². The molecule has 1 aromatic heterocycles. The third-order valence-corrected chi connectivity index (χ3v) is 3.44. The minimum absolute atomic E-state index is 0.271. The van der Waals surface area contributed by atoms with Gasteiger partial charge < -0.3 is 15.4 Å². The Morgan fingerprint density at radius 1 is 1.45 bits per heavy atom. The molecule has 1 amide bonds. The van der Waals surface area contributed by atoms with E-state index >= 15 is 0 Å². The molecule has 0 saturated heterocycles. The van der Waals surface area contributed by atoms with Gasteiger partial charge in [0.05, 0.1) is 0 Å². The number of alkyl carbamates (subject to hydrolysis) is 1. The summed E-state index contributed by atoms with van der Waals surface area (Å²) < 4.78 is 5.24. The van der Waals surface area contributed by atoms with Crippen molar-refractivity contribution in [3.05, 3.63) is 22.4 Å². The topological polar surface area (TPSA) is 50.4 Å². The Labute approximate surface area is 125 Å². The van der Waals surface area contributed by atoms with E-state index in [1.54, 1.807) is 11.3 Å². The highest BCUT2D eigenvalue weighted by atomic mass is 32.1. The van der Waals surface area contributed by atoms with Crippen LogP contribution in [0.3, 0.4) is 0 Å². The highest BCUT2D eigenvalue weighted by Crippen LogP contribution is 2.08. The molecule has 2 N–H and O–H groups in total. The van der Waals surface area contributed by atoms with E-state index in [9.17, 15) is 4.79 Å². The van der Waals surface area contributed by atoms with Crippen molar-refractivity contribution in [1.29, 1.82) is 0 Å². The first kappa shape index (κ1) is 17.0. The molecule has 0 bridgehead atoms. The van der Waals surface area contributed by atoms with Crippen LogP contribution in [-0.2, 0) is 11.3 Å². The first-order valence-electron chi connectivity index (χ1n) is 7.12. The molecule has 0 radical (unpaired) electrons. The quantitative estimate of drug-likeness (QED) is 0.809. The molecule has 1 atom stereocenters. The number of amides is 1. The van der Waals surface area contributed by atoms with Gasteiger partial charge >= 0.3 is 6.09 Å². The van der Waals surface area contributed by atoms with Crippen LogP contribution in [0.5, 0.6) is 0 Å². The van der Waals surface area contributed by atoms with Gasteiger partial charge in [-0.05, 0) is 49.6 Å². The minimum Gasteiger partial charge on any atom is -0.444 e. The van der Waals surface area contributed by atoms with Gasteiger partial charge in [0, 0.05) is 19.1 Å². The van der Waals surface area contributed by atoms with Crippen molar-refractivity contribution in [3.63, 3.8) is 0 Å². The number of ether oxygens (including phenoxy) is 1. The summed E-state index contributed by atoms with van der Waals surface area (Å²) >= 11 is 1.70. The normalized spacial score (nSPS) is 13.0. The number of hydrogen-bond donors (Lipinski definition) is 2. The van der Waals surface area contributed by atoms with Crippen molar-refractivity contribution in [1.82, 2.24) is 10.6 Å². The highest BCUT2D eigenvalue weighted by Gasteiger charge is 2.17. The molecule has 0 fully saturated rings. The maximum atomic E-state index is 11.6. The number of nitrogens with one attached hydrogen (secondary N) is 2. The van der Waals surface area contributed by atoms with Gasteiger partial charge in [-0.25, -0.2) is 4.79 Å². The fourth-order valence-corrected chi connectivity index (χ4v) is 2.47. The standard InChI is InChI=1S/C15H26N2O2S/c1-5-6-13(16-9-12-7-8-20-11-12)10-17-14(18)19-15(2,3)4/h7-8,11,13,16H,5-6,9-10H2,1-4H3,(H,17,18). The number of rotatable bonds is 7. The highest BCUT2D eigenvalue weighted by molar-refractivity contribution is 7.07. The molecule has 1 rings (SSSR count). The Kier molecular flexibility index (Phi) is 7.02. The van der Waals surface area contributed by atoms with E-state index in [-0.39, 0.29) is 12.1 Å². The Bertz CT molecular complexity index is 385. The van der Waals surface area contributed by atoms with Crippen molar-refractivity contribution < 1.29 is 9.53 Å². The van der Waals surface area contributed by atoms with Gasteiger partial charge in [0.2, 0.25) is 0 Å². The van der Waals surface area contributed by atoms with Crippen LogP contribution in [0.15, 0.2) is 16.8 Å². The molecule has 0 aliphatic heterocycles. The fraction of sp³-hybridized carbons (Fsp3) is 0.667. The van der Waals surface area contributed by atoms with Crippen molar-refractivity contribution >= 4 is 17.4 Å². The van der Waals surface area contributed by atoms with Crippen LogP contribution in [-0.4, -0.2) is 24.3 Å². The fourth-order valence-electron chi connectivity index (χ4n) is 1.80. The van der Waals surface area contributed by atoms with E-state index in [1.165, 1.54) is 5.56 Å². The van der Waals surface area contributed by atoms with Gasteiger partial charge in [0.1, 0.15) is 5.60 Å². The summed E-state index contributed by atoms with van der Waals surface area (Å²) in [6.07, 6.45) is 1.76. The first-order chi connectivity index (χ1) is 9.40. The molecule has 20 heavy (non-hydrogen) atoms. The summed E-state index contributed by atoms with van der Waals surface area (Å²) in [6, 6.07) is 2.38. The Morgan fingerprint density at radius 3 is 2.75 bits per heavy atom. The second kappa shape index (κ2) is 8.27. The van der Waals surface area contributed by atoms with Crippen molar-refractivity contribution in [3.8, 4) is 0 Å². The van der Waals surface area contributed by atoms with Crippen LogP contribution in [0.25, 0.3) is 0 Å². The second-order valence-electron chi connectivity index (χ2n) is 5.88. The van der Waals surface area contributed by atoms with E-state index in [0.717, 1.165) is 19.4 Å². The van der Waals surface area contributed by atoms with Crippen LogP contribution < -0.4 is 10.6 Å². The molecule has 0 spiro atoms. The monoisotopic (exact) mass is 298 g/mol. The van der Waals surface area contributed by atoms with Crippen molar-refractivity contribution in [2.45, 2.75) is 58.7 Å². The third kappa shape index (κ3) is 7.50. The van der Waals surface area contributed by atoms with Crippen LogP contribution in [0.4, 0.5) is 4.79 Å². The molecule has 0 aromatic carbocycles. The predicted octanol–water partition coefficient (Wildman–Crippen LogP) is 3.53. The lowest BCUT2D eigenvalue weighted by atomic mass is 10.1. The predicted molar refractivity (Wildman–Crippen MR) is 84.1 cm³/mol. The smallest absolute Gasteiger partial charge is 0.407 e. The molecule has 5 heteroatoms. The molecule has 114 valence electrons. The molecule has 4 nitrogen and oxygen atoms in total. The molecular weight excluding hydrogens is 272 g/mol. The van der Waals surface area contributed by atoms with Gasteiger partial charge in [-0.3, -0.25) is 0 Å². The summed E-state index contributed by atoms with van der Waals surface area (Å²) in [5.41, 5.74) is 0.836. The first-order valence-corrected chi connectivity index (χ1v) is 8.06. The average molecular weight is 298 g/mol. The number of thiophene rings is 1. The minimum atomic E-state index is -0.450. The molecular formula is C15H26N2O2S. The second-order valence-corrected chi connectivity index (χ2v) is 6.66. The lowest BCUT2D eigenvalue weighted by Gasteiger charge is -2.22. The van der Waals surface area contributed by atoms with Gasteiger partial charge in [0.25, 0.3) is 0 Å². The molecule has 0 aliphatic rings. The summed E-state index contributed by atoms with van der Waals surface area (Å²) in [5.74, 6) is 0. The van der Waals surface area contributed by atoms with Crippen molar-refractivity contribution in [2.24, 2.45) is 0 Å². The van der Waals surface area contributed by atoms with Gasteiger partial charge in [0.15, 0.2) is 0 Å². The zero-order chi connectivity index (χ0) is 15.0. The maximum absolute atomic E-state index is 11.6. The molecule has 1 unspecified atom stereocenters. The van der Waals surface area contributed by atoms with Crippen molar-refractivity contribution in [2.75, 3.05) is 6.54 Å². The molecule has 0 saturated carbocycles. The van der Waals surface area contributed by atoms with E-state index in [1.807, 2.05) is 20.8 Å². The van der Waals surface area contributed by atoms with Crippen LogP contribution in [0.1, 0.15) is 46.1 Å². The lowest BCUT2D eigenvalue weighted by molar-refractivity contribution is 0.0521. The third-order valence-electron chi connectivity index (χ3n) is 2.70. The Balaban J connectivity index is 2.33. The molecule has 1 heterocycles. The average Bonchev–Trinajstić information content (AvgIpc) is 2.83. The molecule has 0 aliphatic carbocycles. The van der Waals surface area contributed by atoms with Gasteiger partial charge in [-0.1, -0.05) is 13.3 Å². The number of carbonyl (C=O) groups excluding carboxylic acids is 1. The van der Waals surface area contributed by atoms with Gasteiger partial charge in [-0.15, -0.1) is 0 Å². The van der Waals surface area contributed by atoms with E-state index in [2.05, 4.69) is 34.4 Å². The van der Waals surface area contributed by atoms with E-state index < -0.39 is 5.60 Å². The zero-order valence-corrected chi connectivity index (χ0v) is 13.7. The SMILES string of the molecule is CCCC(CNC(=O)OC(C)(C)C)NCc1ccsc1. The van der Waals surface area contributed by atoms with Crippen LogP contribution in [0.2, 0.25) is 0 Å². The Morgan fingerprint density at radius 2 is 2.20 bits per heavy atom. The summed E-state index contributed by atoms with van der Waals surface area (Å²) in [7, 11) is 0. The zero-order valence-electron chi connectivity index (χ0n) is 12.9. The van der Waals surface area contributed by atoms with Crippen LogP contribution in [0, 0.1) is 0 Å². The lowest BCUT2D eigenvalue weighted by Crippen LogP contribution is -2.42. The van der Waals surface area contributed by atoms with E-state index in [4.69, 9.17) is 4.74 Å². The maximum Gasteiger partial charge on any atom is 0.407 e. The Hall–Kier alpha value is -1.07. The van der Waals surface area contributed by atoms with Gasteiger partial charge in [-0.2, -0.15) is 11.3 Å². The number of hydrogen-bond acceptors (Lipinski definition) is 4. The number of carbonyl (C=O) groups is 1. The molecule has 1 aromatic rings.